The Kier molecular flexibility index (Phi) is 3.56. The zero-order chi connectivity index (χ0) is 15.7. The lowest BCUT2D eigenvalue weighted by molar-refractivity contribution is -0.384. The van der Waals surface area contributed by atoms with Crippen molar-refractivity contribution in [2.45, 2.75) is 6.92 Å². The SMILES string of the molecule is Cc1ccccc1C(=O)Nc1nc2ccc([N+](=O)[O-])cc2s1. The van der Waals surface area contributed by atoms with Crippen molar-refractivity contribution in [2.75, 3.05) is 5.32 Å². The van der Waals surface area contributed by atoms with E-state index < -0.39 is 4.92 Å². The number of fused-ring (bicyclic) bond motifs is 1. The molecule has 0 aliphatic carbocycles. The first-order chi connectivity index (χ1) is 10.5. The monoisotopic (exact) mass is 313 g/mol. The average molecular weight is 313 g/mol. The number of aromatic nitrogens is 1. The van der Waals surface area contributed by atoms with Crippen LogP contribution in [0.3, 0.4) is 0 Å². The van der Waals surface area contributed by atoms with E-state index in [4.69, 9.17) is 0 Å². The predicted molar refractivity (Wildman–Crippen MR) is 85.4 cm³/mol. The molecule has 22 heavy (non-hydrogen) atoms. The van der Waals surface area contributed by atoms with Gasteiger partial charge >= 0.3 is 0 Å². The van der Waals surface area contributed by atoms with Crippen LogP contribution in [0.1, 0.15) is 15.9 Å². The topological polar surface area (TPSA) is 85.1 Å². The number of nitrogens with one attached hydrogen (secondary N) is 1. The van der Waals surface area contributed by atoms with E-state index in [0.29, 0.717) is 20.9 Å². The van der Waals surface area contributed by atoms with Crippen LogP contribution in [-0.4, -0.2) is 15.8 Å². The van der Waals surface area contributed by atoms with Gasteiger partial charge in [-0.2, -0.15) is 0 Å². The summed E-state index contributed by atoms with van der Waals surface area (Å²) < 4.78 is 0.661. The first kappa shape index (κ1) is 14.2. The van der Waals surface area contributed by atoms with Gasteiger partial charge in [0, 0.05) is 17.7 Å². The van der Waals surface area contributed by atoms with Crippen molar-refractivity contribution >= 4 is 38.3 Å². The fourth-order valence-electron chi connectivity index (χ4n) is 2.07. The van der Waals surface area contributed by atoms with Gasteiger partial charge in [0.2, 0.25) is 0 Å². The third-order valence-electron chi connectivity index (χ3n) is 3.19. The Labute approximate surface area is 129 Å². The number of amides is 1. The van der Waals surface area contributed by atoms with Crippen LogP contribution in [0.15, 0.2) is 42.5 Å². The van der Waals surface area contributed by atoms with Gasteiger partial charge in [-0.3, -0.25) is 20.2 Å². The number of nitro benzene ring substituents is 1. The number of rotatable bonds is 3. The third-order valence-corrected chi connectivity index (χ3v) is 4.13. The summed E-state index contributed by atoms with van der Waals surface area (Å²) in [5, 5.41) is 13.9. The van der Waals surface area contributed by atoms with E-state index >= 15 is 0 Å². The molecular formula is C15H11N3O3S. The summed E-state index contributed by atoms with van der Waals surface area (Å²) in [5.74, 6) is -0.244. The molecule has 0 aliphatic heterocycles. The van der Waals surface area contributed by atoms with Crippen LogP contribution in [-0.2, 0) is 0 Å². The van der Waals surface area contributed by atoms with Crippen LogP contribution in [0.5, 0.6) is 0 Å². The molecule has 1 amide bonds. The van der Waals surface area contributed by atoms with Gasteiger partial charge in [-0.1, -0.05) is 29.5 Å². The Morgan fingerprint density at radius 2 is 2.05 bits per heavy atom. The van der Waals surface area contributed by atoms with Crippen molar-refractivity contribution in [3.8, 4) is 0 Å². The zero-order valence-electron chi connectivity index (χ0n) is 11.6. The fraction of sp³-hybridized carbons (Fsp3) is 0.0667. The normalized spacial score (nSPS) is 10.6. The molecule has 0 atom stereocenters. The fourth-order valence-corrected chi connectivity index (χ4v) is 2.97. The number of anilines is 1. The van der Waals surface area contributed by atoms with Crippen LogP contribution in [0.4, 0.5) is 10.8 Å². The average Bonchev–Trinajstić information content (AvgIpc) is 2.88. The highest BCUT2D eigenvalue weighted by atomic mass is 32.1. The lowest BCUT2D eigenvalue weighted by Crippen LogP contribution is -2.12. The highest BCUT2D eigenvalue weighted by Crippen LogP contribution is 2.29. The van der Waals surface area contributed by atoms with Crippen molar-refractivity contribution in [3.63, 3.8) is 0 Å². The first-order valence-corrected chi connectivity index (χ1v) is 7.28. The molecule has 0 spiro atoms. The quantitative estimate of drug-likeness (QED) is 0.589. The lowest BCUT2D eigenvalue weighted by Gasteiger charge is -2.04. The van der Waals surface area contributed by atoms with Crippen molar-refractivity contribution in [1.29, 1.82) is 0 Å². The molecule has 0 bridgehead atoms. The Balaban J connectivity index is 1.89. The summed E-state index contributed by atoms with van der Waals surface area (Å²) >= 11 is 1.21. The van der Waals surface area contributed by atoms with Gasteiger partial charge in [0.1, 0.15) is 0 Å². The zero-order valence-corrected chi connectivity index (χ0v) is 12.4. The molecule has 0 unspecified atom stereocenters. The van der Waals surface area contributed by atoms with Gasteiger partial charge in [-0.25, -0.2) is 4.98 Å². The van der Waals surface area contributed by atoms with E-state index in [1.165, 1.54) is 23.5 Å². The number of non-ortho nitro benzene ring substituents is 1. The van der Waals surface area contributed by atoms with Crippen molar-refractivity contribution in [3.05, 3.63) is 63.7 Å². The standard InChI is InChI=1S/C15H11N3O3S/c1-9-4-2-3-5-11(9)14(19)17-15-16-12-7-6-10(18(20)21)8-13(12)22-15/h2-8H,1H3,(H,16,17,19). The summed E-state index contributed by atoms with van der Waals surface area (Å²) in [6, 6.07) is 11.7. The van der Waals surface area contributed by atoms with Crippen molar-refractivity contribution in [2.24, 2.45) is 0 Å². The van der Waals surface area contributed by atoms with Gasteiger partial charge in [-0.15, -0.1) is 0 Å². The molecule has 0 radical (unpaired) electrons. The minimum Gasteiger partial charge on any atom is -0.298 e. The third kappa shape index (κ3) is 2.66. The Bertz CT molecular complexity index is 889. The van der Waals surface area contributed by atoms with Crippen molar-refractivity contribution in [1.82, 2.24) is 4.98 Å². The number of hydrogen-bond donors (Lipinski definition) is 1. The predicted octanol–water partition coefficient (Wildman–Crippen LogP) is 3.77. The number of aryl methyl sites for hydroxylation is 1. The van der Waals surface area contributed by atoms with Crippen LogP contribution in [0.25, 0.3) is 10.2 Å². The summed E-state index contributed by atoms with van der Waals surface area (Å²) in [6.45, 7) is 1.86. The molecule has 0 fully saturated rings. The second-order valence-corrected chi connectivity index (χ2v) is 5.73. The molecule has 110 valence electrons. The number of nitrogens with zero attached hydrogens (tertiary/aromatic N) is 2. The molecule has 1 aromatic heterocycles. The maximum Gasteiger partial charge on any atom is 0.270 e. The second-order valence-electron chi connectivity index (χ2n) is 4.70. The molecule has 7 heteroatoms. The number of thiazole rings is 1. The van der Waals surface area contributed by atoms with Gasteiger partial charge < -0.3 is 0 Å². The Morgan fingerprint density at radius 3 is 2.77 bits per heavy atom. The van der Waals surface area contributed by atoms with Gasteiger partial charge in [0.25, 0.3) is 11.6 Å². The molecule has 2 aromatic carbocycles. The van der Waals surface area contributed by atoms with Gasteiger partial charge in [-0.05, 0) is 24.6 Å². The van der Waals surface area contributed by atoms with Crippen LogP contribution >= 0.6 is 11.3 Å². The van der Waals surface area contributed by atoms with Gasteiger partial charge in [0.05, 0.1) is 15.1 Å². The minimum atomic E-state index is -0.454. The summed E-state index contributed by atoms with van der Waals surface area (Å²) in [7, 11) is 0. The number of hydrogen-bond acceptors (Lipinski definition) is 5. The number of carbonyl (C=O) groups excluding carboxylic acids is 1. The number of carbonyl (C=O) groups is 1. The molecule has 0 saturated carbocycles. The van der Waals surface area contributed by atoms with E-state index in [9.17, 15) is 14.9 Å². The van der Waals surface area contributed by atoms with E-state index in [0.717, 1.165) is 5.56 Å². The Hall–Kier alpha value is -2.80. The van der Waals surface area contributed by atoms with E-state index in [1.807, 2.05) is 19.1 Å². The molecule has 3 aromatic rings. The van der Waals surface area contributed by atoms with Crippen molar-refractivity contribution < 1.29 is 9.72 Å². The van der Waals surface area contributed by atoms with E-state index in [1.54, 1.807) is 18.2 Å². The Morgan fingerprint density at radius 1 is 1.27 bits per heavy atom. The van der Waals surface area contributed by atoms with Crippen LogP contribution in [0.2, 0.25) is 0 Å². The first-order valence-electron chi connectivity index (χ1n) is 6.46. The second kappa shape index (κ2) is 5.53. The number of benzene rings is 2. The molecular weight excluding hydrogens is 302 g/mol. The smallest absolute Gasteiger partial charge is 0.270 e. The summed E-state index contributed by atoms with van der Waals surface area (Å²) in [5.41, 5.74) is 2.08. The van der Waals surface area contributed by atoms with Crippen LogP contribution < -0.4 is 5.32 Å². The minimum absolute atomic E-state index is 0.00734. The van der Waals surface area contributed by atoms with E-state index in [-0.39, 0.29) is 11.6 Å². The largest absolute Gasteiger partial charge is 0.298 e. The molecule has 1 heterocycles. The highest BCUT2D eigenvalue weighted by molar-refractivity contribution is 7.22. The molecule has 3 rings (SSSR count). The summed E-state index contributed by atoms with van der Waals surface area (Å²) in [4.78, 5) is 26.8. The summed E-state index contributed by atoms with van der Waals surface area (Å²) in [6.07, 6.45) is 0. The van der Waals surface area contributed by atoms with Crippen LogP contribution in [0, 0.1) is 17.0 Å². The lowest BCUT2D eigenvalue weighted by atomic mass is 10.1. The maximum absolute atomic E-state index is 12.2. The molecule has 0 aliphatic rings. The maximum atomic E-state index is 12.2. The van der Waals surface area contributed by atoms with E-state index in [2.05, 4.69) is 10.3 Å². The molecule has 1 N–H and O–H groups in total. The van der Waals surface area contributed by atoms with Gasteiger partial charge in [0.15, 0.2) is 5.13 Å². The molecule has 6 nitrogen and oxygen atoms in total. The number of nitro groups is 1. The molecule has 0 saturated heterocycles. The highest BCUT2D eigenvalue weighted by Gasteiger charge is 2.13.